The molecule has 4 aliphatic rings. The first-order valence-electron chi connectivity index (χ1n) is 36.8. The fraction of sp³-hybridized carbons (Fsp3) is 0.395. The molecule has 0 saturated carbocycles. The van der Waals surface area contributed by atoms with Crippen LogP contribution in [0.2, 0.25) is 0 Å². The minimum Gasteiger partial charge on any atom is -0.491 e. The number of aromatic nitrogens is 12. The molecule has 4 fully saturated rings. The van der Waals surface area contributed by atoms with Gasteiger partial charge in [0.1, 0.15) is 46.3 Å². The van der Waals surface area contributed by atoms with Crippen LogP contribution in [0.4, 0.5) is 23.3 Å². The zero-order valence-electron chi connectivity index (χ0n) is 62.9. The third kappa shape index (κ3) is 17.9. The number of carbonyl (C=O) groups excluding carboxylic acids is 1. The normalized spacial score (nSPS) is 17.8. The van der Waals surface area contributed by atoms with E-state index in [9.17, 15) is 4.79 Å². The molecule has 4 aliphatic heterocycles. The van der Waals surface area contributed by atoms with Gasteiger partial charge in [0.15, 0.2) is 0 Å². The molecule has 0 radical (unpaired) electrons. The number of fused-ring (bicyclic) bond motifs is 4. The van der Waals surface area contributed by atoms with Gasteiger partial charge < -0.3 is 57.7 Å². The molecule has 12 heterocycles. The van der Waals surface area contributed by atoms with Gasteiger partial charge in [-0.25, -0.2) is 38.7 Å². The summed E-state index contributed by atoms with van der Waals surface area (Å²) in [6, 6.07) is 40.3. The van der Waals surface area contributed by atoms with Crippen molar-refractivity contribution in [3.63, 3.8) is 0 Å². The van der Waals surface area contributed by atoms with Gasteiger partial charge in [0, 0.05) is 154 Å². The first kappa shape index (κ1) is 73.4. The fourth-order valence-corrected chi connectivity index (χ4v) is 13.4. The zero-order chi connectivity index (χ0) is 74.1. The van der Waals surface area contributed by atoms with E-state index in [4.69, 9.17) is 33.2 Å². The van der Waals surface area contributed by atoms with Crippen LogP contribution >= 0.6 is 0 Å². The molecule has 0 aliphatic carbocycles. The highest BCUT2D eigenvalue weighted by molar-refractivity contribution is 5.86. The number of carbonyl (C=O) groups is 1. The van der Waals surface area contributed by atoms with E-state index in [0.29, 0.717) is 13.1 Å². The Morgan fingerprint density at radius 1 is 0.368 bits per heavy atom. The van der Waals surface area contributed by atoms with Gasteiger partial charge in [0.05, 0.1) is 138 Å². The average Bonchev–Trinajstić information content (AvgIpc) is 1.65. The van der Waals surface area contributed by atoms with Crippen LogP contribution in [-0.2, 0) is 19.0 Å². The molecular weight excluding hydrogens is 1340 g/mol. The van der Waals surface area contributed by atoms with Crippen molar-refractivity contribution in [3.05, 3.63) is 171 Å². The molecular formula is C81H97N17O8. The summed E-state index contributed by atoms with van der Waals surface area (Å²) in [5.41, 5.74) is 7.92. The largest absolute Gasteiger partial charge is 0.491 e. The Kier molecular flexibility index (Phi) is 22.9. The maximum absolute atomic E-state index is 12.0. The quantitative estimate of drug-likeness (QED) is 0.0877. The Labute approximate surface area is 619 Å². The number of likely N-dealkylation sites (N-methyl/N-ethyl adjacent to an activating group) is 1. The number of anilines is 4. The highest BCUT2D eigenvalue weighted by Crippen LogP contribution is 2.32. The fourth-order valence-electron chi connectivity index (χ4n) is 13.4. The van der Waals surface area contributed by atoms with Crippen LogP contribution in [0.15, 0.2) is 171 Å². The molecule has 106 heavy (non-hydrogen) atoms. The number of hydrogen-bond donors (Lipinski definition) is 0. The molecule has 8 aromatic heterocycles. The van der Waals surface area contributed by atoms with E-state index in [1.54, 1.807) is 11.1 Å². The number of rotatable bonds is 16. The number of piperazine rings is 1. The lowest BCUT2D eigenvalue weighted by atomic mass is 10.2. The number of hydrogen-bond acceptors (Lipinski definition) is 20. The predicted octanol–water partition coefficient (Wildman–Crippen LogP) is 13.2. The van der Waals surface area contributed by atoms with Gasteiger partial charge in [-0.15, -0.1) is 0 Å². The van der Waals surface area contributed by atoms with Crippen LogP contribution in [0.25, 0.3) is 66.4 Å². The van der Waals surface area contributed by atoms with Gasteiger partial charge in [-0.2, -0.15) is 20.4 Å². The molecule has 0 unspecified atom stereocenters. The summed E-state index contributed by atoms with van der Waals surface area (Å²) in [5, 5.41) is 22.6. The van der Waals surface area contributed by atoms with Crippen LogP contribution in [0.5, 0.6) is 23.0 Å². The van der Waals surface area contributed by atoms with Gasteiger partial charge in [-0.1, -0.05) is 0 Å². The summed E-state index contributed by atoms with van der Waals surface area (Å²) in [7, 11) is 1.83. The SMILES string of the molecule is CC(C)Oc1ccc2cnn(-c3ccnc(N4CCN(C)C(=O)C4)c3)c2c1.CC(C)Oc1ccc2cnn(-c3ccnc(N4CCO[C@@H](C)C4)c3)c2c1.CC(C)Oc1ccc2cnn(-c3ccnc(N4CCO[C@H](C)C4)c3)c2c1.CC(C)Oc1ccc2cnn(-c3ccnc(N4C[C@@H](C)O[C@@H](C)C4)c3)c2c1. The third-order valence-corrected chi connectivity index (χ3v) is 18.2. The summed E-state index contributed by atoms with van der Waals surface area (Å²) in [6.07, 6.45) is 16.1. The molecule has 12 aromatic rings. The second kappa shape index (κ2) is 33.1. The predicted molar refractivity (Wildman–Crippen MR) is 416 cm³/mol. The van der Waals surface area contributed by atoms with E-state index in [1.165, 1.54) is 0 Å². The summed E-state index contributed by atoms with van der Waals surface area (Å²) in [5.74, 6) is 7.12. The first-order chi connectivity index (χ1) is 51.2. The molecule has 554 valence electrons. The Morgan fingerprint density at radius 3 is 0.972 bits per heavy atom. The summed E-state index contributed by atoms with van der Waals surface area (Å²) in [4.78, 5) is 40.7. The Balaban J connectivity index is 0.000000125. The molecule has 4 saturated heterocycles. The highest BCUT2D eigenvalue weighted by atomic mass is 16.5. The average molecular weight is 1440 g/mol. The van der Waals surface area contributed by atoms with E-state index in [-0.39, 0.29) is 54.7 Å². The van der Waals surface area contributed by atoms with E-state index in [0.717, 1.165) is 172 Å². The monoisotopic (exact) mass is 1440 g/mol. The maximum Gasteiger partial charge on any atom is 0.241 e. The van der Waals surface area contributed by atoms with Crippen molar-refractivity contribution in [2.45, 2.75) is 132 Å². The van der Waals surface area contributed by atoms with Gasteiger partial charge >= 0.3 is 0 Å². The Hall–Kier alpha value is -10.9. The van der Waals surface area contributed by atoms with E-state index < -0.39 is 0 Å². The van der Waals surface area contributed by atoms with Crippen LogP contribution in [0, 0.1) is 0 Å². The van der Waals surface area contributed by atoms with E-state index >= 15 is 0 Å². The van der Waals surface area contributed by atoms with Gasteiger partial charge in [0.2, 0.25) is 5.91 Å². The lowest BCUT2D eigenvalue weighted by Gasteiger charge is -2.36. The second-order valence-corrected chi connectivity index (χ2v) is 28.4. The number of pyridine rings is 4. The summed E-state index contributed by atoms with van der Waals surface area (Å²) >= 11 is 0. The Bertz CT molecular complexity index is 4790. The van der Waals surface area contributed by atoms with Crippen molar-refractivity contribution in [2.75, 3.05) is 98.8 Å². The molecule has 0 spiro atoms. The topological polar surface area (TPSA) is 221 Å². The molecule has 0 N–H and O–H groups in total. The van der Waals surface area contributed by atoms with E-state index in [1.807, 2.05) is 233 Å². The minimum atomic E-state index is 0.105. The number of benzene rings is 4. The third-order valence-electron chi connectivity index (χ3n) is 18.2. The smallest absolute Gasteiger partial charge is 0.241 e. The maximum atomic E-state index is 12.0. The molecule has 16 rings (SSSR count). The van der Waals surface area contributed by atoms with Crippen molar-refractivity contribution < 1.29 is 38.0 Å². The van der Waals surface area contributed by atoms with Crippen molar-refractivity contribution in [1.29, 1.82) is 0 Å². The lowest BCUT2D eigenvalue weighted by Crippen LogP contribution is -2.48. The second-order valence-electron chi connectivity index (χ2n) is 28.4. The molecule has 4 aromatic carbocycles. The van der Waals surface area contributed by atoms with Crippen molar-refractivity contribution in [1.82, 2.24) is 64.0 Å². The molecule has 0 bridgehead atoms. The molecule has 4 atom stereocenters. The van der Waals surface area contributed by atoms with Gasteiger partial charge in [0.25, 0.3) is 0 Å². The first-order valence-corrected chi connectivity index (χ1v) is 36.8. The standard InChI is InChI=1S/C21H26N4O2.C20H23N5O2.2C20H24N4O2/c1-14(2)26-19-6-5-17-11-23-25(20(17)10-19)18-7-8-22-21(9-18)24-12-15(3)27-16(4)13-24;1-14(2)27-17-5-4-15-12-22-25(18(15)11-17)16-6-7-21-19(10-16)24-9-8-23(3)20(26)13-24;2*1-14(2)26-18-5-4-16-12-22-24(19(16)11-18)17-6-7-21-20(10-17)23-8-9-25-15(3)13-23/h5-11,14-16H,12-13H2,1-4H3;4-7,10-12,14H,8-9,13H2,1-3H3;2*4-7,10-12,14-15H,8-9,13H2,1-3H3/t15-,16+;;2*15-/m..10/s1. The number of ether oxygens (including phenoxy) is 7. The number of amides is 1. The van der Waals surface area contributed by atoms with E-state index in [2.05, 4.69) is 101 Å². The molecule has 25 nitrogen and oxygen atoms in total. The zero-order valence-corrected chi connectivity index (χ0v) is 62.9. The lowest BCUT2D eigenvalue weighted by molar-refractivity contribution is -0.129. The molecule has 25 heteroatoms. The van der Waals surface area contributed by atoms with Gasteiger partial charge in [-0.3, -0.25) is 4.79 Å². The van der Waals surface area contributed by atoms with Crippen molar-refractivity contribution >= 4 is 72.8 Å². The number of nitrogens with zero attached hydrogens (tertiary/aromatic N) is 17. The summed E-state index contributed by atoms with van der Waals surface area (Å²) < 4.78 is 48.2. The van der Waals surface area contributed by atoms with Crippen molar-refractivity contribution in [2.24, 2.45) is 0 Å². The van der Waals surface area contributed by atoms with Crippen LogP contribution in [0.1, 0.15) is 83.1 Å². The van der Waals surface area contributed by atoms with Crippen molar-refractivity contribution in [3.8, 4) is 45.7 Å². The summed E-state index contributed by atoms with van der Waals surface area (Å²) in [6.45, 7) is 32.9. The minimum absolute atomic E-state index is 0.105. The van der Waals surface area contributed by atoms with Crippen LogP contribution < -0.4 is 38.5 Å². The van der Waals surface area contributed by atoms with Gasteiger partial charge in [-0.05, 0) is 156 Å². The number of morpholine rings is 3. The van der Waals surface area contributed by atoms with Crippen LogP contribution in [-0.4, -0.2) is 198 Å². The molecule has 1 amide bonds. The van der Waals surface area contributed by atoms with Crippen LogP contribution in [0.3, 0.4) is 0 Å². The Morgan fingerprint density at radius 2 is 0.670 bits per heavy atom. The highest BCUT2D eigenvalue weighted by Gasteiger charge is 2.26.